The van der Waals surface area contributed by atoms with E-state index in [0.717, 1.165) is 13.1 Å². The van der Waals surface area contributed by atoms with Gasteiger partial charge in [0.1, 0.15) is 0 Å². The first-order valence-electron chi connectivity index (χ1n) is 6.83. The Hall–Kier alpha value is -0.930. The van der Waals surface area contributed by atoms with E-state index in [2.05, 4.69) is 28.9 Å². The second kappa shape index (κ2) is 4.04. The topological polar surface area (TPSA) is 17.0 Å². The molecule has 0 saturated heterocycles. The Labute approximate surface area is 112 Å². The SMILES string of the molecule is Cc1ccc2c3c(n4c2c1SCC4)CCNCC3. The number of hydrogen-bond donors (Lipinski definition) is 1. The first kappa shape index (κ1) is 10.9. The number of aromatic nitrogens is 1. The molecule has 2 aliphatic rings. The van der Waals surface area contributed by atoms with Crippen LogP contribution in [0.25, 0.3) is 10.9 Å². The number of benzene rings is 1. The number of nitrogens with zero attached hydrogens (tertiary/aromatic N) is 1. The largest absolute Gasteiger partial charge is 0.343 e. The fraction of sp³-hybridized carbons (Fsp3) is 0.467. The van der Waals surface area contributed by atoms with E-state index in [0.29, 0.717) is 0 Å². The van der Waals surface area contributed by atoms with Gasteiger partial charge in [0.15, 0.2) is 0 Å². The molecule has 1 aromatic carbocycles. The smallest absolute Gasteiger partial charge is 0.0626 e. The minimum absolute atomic E-state index is 1.13. The molecule has 0 unspecified atom stereocenters. The zero-order valence-electron chi connectivity index (χ0n) is 10.8. The second-order valence-electron chi connectivity index (χ2n) is 5.28. The first-order chi connectivity index (χ1) is 8.86. The van der Waals surface area contributed by atoms with Gasteiger partial charge in [-0.25, -0.2) is 0 Å². The minimum Gasteiger partial charge on any atom is -0.343 e. The summed E-state index contributed by atoms with van der Waals surface area (Å²) in [6.45, 7) is 5.69. The van der Waals surface area contributed by atoms with E-state index in [-0.39, 0.29) is 0 Å². The molecule has 2 aliphatic heterocycles. The van der Waals surface area contributed by atoms with Gasteiger partial charge >= 0.3 is 0 Å². The van der Waals surface area contributed by atoms with Crippen LogP contribution in [0.15, 0.2) is 17.0 Å². The summed E-state index contributed by atoms with van der Waals surface area (Å²) in [5.41, 5.74) is 6.18. The number of nitrogens with one attached hydrogen (secondary N) is 1. The monoisotopic (exact) mass is 258 g/mol. The zero-order valence-corrected chi connectivity index (χ0v) is 11.6. The predicted molar refractivity (Wildman–Crippen MR) is 77.7 cm³/mol. The van der Waals surface area contributed by atoms with Crippen molar-refractivity contribution in [1.29, 1.82) is 0 Å². The van der Waals surface area contributed by atoms with Crippen molar-refractivity contribution in [3.05, 3.63) is 29.0 Å². The standard InChI is InChI=1S/C15H18N2S/c1-10-2-3-12-11-4-6-16-7-5-13(11)17-8-9-18-15(10)14(12)17/h2-3,16H,4-9H2,1H3. The van der Waals surface area contributed by atoms with Gasteiger partial charge in [-0.2, -0.15) is 0 Å². The van der Waals surface area contributed by atoms with Crippen LogP contribution in [0.5, 0.6) is 0 Å². The Morgan fingerprint density at radius 2 is 2.11 bits per heavy atom. The Morgan fingerprint density at radius 1 is 1.22 bits per heavy atom. The molecular weight excluding hydrogens is 240 g/mol. The third-order valence-corrected chi connectivity index (χ3v) is 5.44. The molecule has 0 saturated carbocycles. The van der Waals surface area contributed by atoms with Gasteiger partial charge in [0.05, 0.1) is 5.52 Å². The molecule has 4 rings (SSSR count). The summed E-state index contributed by atoms with van der Waals surface area (Å²) in [6.07, 6.45) is 2.37. The summed E-state index contributed by atoms with van der Waals surface area (Å²) >= 11 is 2.04. The van der Waals surface area contributed by atoms with Gasteiger partial charge in [-0.05, 0) is 31.0 Å². The highest BCUT2D eigenvalue weighted by Crippen LogP contribution is 2.40. The third-order valence-electron chi connectivity index (χ3n) is 4.25. The molecule has 0 radical (unpaired) electrons. The molecule has 94 valence electrons. The van der Waals surface area contributed by atoms with Gasteiger partial charge < -0.3 is 9.88 Å². The third kappa shape index (κ3) is 1.41. The Balaban J connectivity index is 2.10. The highest BCUT2D eigenvalue weighted by Gasteiger charge is 2.23. The highest BCUT2D eigenvalue weighted by molar-refractivity contribution is 7.99. The van der Waals surface area contributed by atoms with E-state index in [9.17, 15) is 0 Å². The van der Waals surface area contributed by atoms with Crippen LogP contribution >= 0.6 is 11.8 Å². The lowest BCUT2D eigenvalue weighted by molar-refractivity contribution is 0.681. The molecule has 0 spiro atoms. The molecule has 2 aromatic rings. The lowest BCUT2D eigenvalue weighted by Crippen LogP contribution is -2.18. The van der Waals surface area contributed by atoms with Crippen LogP contribution in [-0.4, -0.2) is 23.4 Å². The van der Waals surface area contributed by atoms with Crippen molar-refractivity contribution in [2.45, 2.75) is 31.2 Å². The molecule has 2 nitrogen and oxygen atoms in total. The van der Waals surface area contributed by atoms with Gasteiger partial charge in [-0.3, -0.25) is 0 Å². The van der Waals surface area contributed by atoms with Crippen molar-refractivity contribution < 1.29 is 0 Å². The zero-order chi connectivity index (χ0) is 12.1. The molecule has 18 heavy (non-hydrogen) atoms. The maximum absolute atomic E-state index is 3.52. The fourth-order valence-corrected chi connectivity index (χ4v) is 4.55. The van der Waals surface area contributed by atoms with Crippen LogP contribution < -0.4 is 5.32 Å². The molecule has 0 bridgehead atoms. The minimum atomic E-state index is 1.13. The number of fused-ring (bicyclic) bond motifs is 3. The molecule has 0 aliphatic carbocycles. The van der Waals surface area contributed by atoms with E-state index in [1.165, 1.54) is 46.5 Å². The second-order valence-corrected chi connectivity index (χ2v) is 6.39. The summed E-state index contributed by atoms with van der Waals surface area (Å²) < 4.78 is 2.61. The van der Waals surface area contributed by atoms with E-state index in [1.54, 1.807) is 11.3 Å². The van der Waals surface area contributed by atoms with Gasteiger partial charge in [0.25, 0.3) is 0 Å². The summed E-state index contributed by atoms with van der Waals surface area (Å²) in [7, 11) is 0. The molecule has 0 amide bonds. The maximum Gasteiger partial charge on any atom is 0.0626 e. The van der Waals surface area contributed by atoms with E-state index in [1.807, 2.05) is 11.8 Å². The Bertz CT molecular complexity index is 627. The number of rotatable bonds is 0. The molecule has 1 aromatic heterocycles. The molecular formula is C15H18N2S. The van der Waals surface area contributed by atoms with E-state index >= 15 is 0 Å². The van der Waals surface area contributed by atoms with Gasteiger partial charge in [0.2, 0.25) is 0 Å². The van der Waals surface area contributed by atoms with Gasteiger partial charge in [-0.1, -0.05) is 12.1 Å². The van der Waals surface area contributed by atoms with Crippen LogP contribution in [0.4, 0.5) is 0 Å². The van der Waals surface area contributed by atoms with Crippen molar-refractivity contribution in [2.75, 3.05) is 18.8 Å². The quantitative estimate of drug-likeness (QED) is 0.782. The summed E-state index contributed by atoms with van der Waals surface area (Å²) in [5.74, 6) is 1.22. The average Bonchev–Trinajstić information content (AvgIpc) is 2.57. The van der Waals surface area contributed by atoms with Crippen LogP contribution in [0, 0.1) is 6.92 Å². The lowest BCUT2D eigenvalue weighted by Gasteiger charge is -2.19. The highest BCUT2D eigenvalue weighted by atomic mass is 32.2. The summed E-state index contributed by atoms with van der Waals surface area (Å²) in [4.78, 5) is 1.53. The van der Waals surface area contributed by atoms with Crippen molar-refractivity contribution in [2.24, 2.45) is 0 Å². The molecule has 0 fully saturated rings. The Kier molecular flexibility index (Phi) is 2.45. The van der Waals surface area contributed by atoms with Crippen LogP contribution in [0.3, 0.4) is 0 Å². The summed E-state index contributed by atoms with van der Waals surface area (Å²) in [5, 5.41) is 5.04. The fourth-order valence-electron chi connectivity index (χ4n) is 3.41. The molecule has 3 heteroatoms. The van der Waals surface area contributed by atoms with E-state index < -0.39 is 0 Å². The average molecular weight is 258 g/mol. The van der Waals surface area contributed by atoms with Crippen LogP contribution in [0.2, 0.25) is 0 Å². The van der Waals surface area contributed by atoms with Crippen molar-refractivity contribution >= 4 is 22.7 Å². The first-order valence-corrected chi connectivity index (χ1v) is 7.82. The number of aryl methyl sites for hydroxylation is 2. The normalized spacial score (nSPS) is 18.7. The summed E-state index contributed by atoms with van der Waals surface area (Å²) in [6, 6.07) is 4.65. The maximum atomic E-state index is 3.52. The lowest BCUT2D eigenvalue weighted by atomic mass is 10.1. The molecule has 3 heterocycles. The van der Waals surface area contributed by atoms with Crippen molar-refractivity contribution in [3.8, 4) is 0 Å². The molecule has 1 N–H and O–H groups in total. The van der Waals surface area contributed by atoms with Crippen molar-refractivity contribution in [1.82, 2.24) is 9.88 Å². The number of thioether (sulfide) groups is 1. The van der Waals surface area contributed by atoms with Crippen LogP contribution in [-0.2, 0) is 19.4 Å². The van der Waals surface area contributed by atoms with Gasteiger partial charge in [-0.15, -0.1) is 11.8 Å². The van der Waals surface area contributed by atoms with Crippen LogP contribution in [0.1, 0.15) is 16.8 Å². The van der Waals surface area contributed by atoms with E-state index in [4.69, 9.17) is 0 Å². The molecule has 0 atom stereocenters. The van der Waals surface area contributed by atoms with Crippen molar-refractivity contribution in [3.63, 3.8) is 0 Å². The Morgan fingerprint density at radius 3 is 3.06 bits per heavy atom. The predicted octanol–water partition coefficient (Wildman–Crippen LogP) is 2.74. The number of hydrogen-bond acceptors (Lipinski definition) is 2. The van der Waals surface area contributed by atoms with Gasteiger partial charge in [0, 0.05) is 41.2 Å².